The number of ether oxygens (including phenoxy) is 2. The minimum Gasteiger partial charge on any atom is -0.463 e. The van der Waals surface area contributed by atoms with E-state index in [9.17, 15) is 9.59 Å². The molecule has 0 radical (unpaired) electrons. The molecule has 0 amide bonds. The molecule has 0 heterocycles. The second-order valence-corrected chi connectivity index (χ2v) is 5.06. The topological polar surface area (TPSA) is 72.8 Å². The summed E-state index contributed by atoms with van der Waals surface area (Å²) in [4.78, 5) is 21.2. The van der Waals surface area contributed by atoms with E-state index >= 15 is 0 Å². The zero-order chi connectivity index (χ0) is 16.6. The van der Waals surface area contributed by atoms with Crippen molar-refractivity contribution in [2.75, 3.05) is 13.2 Å². The molecule has 22 heavy (non-hydrogen) atoms. The van der Waals surface area contributed by atoms with Gasteiger partial charge in [-0.15, -0.1) is 0 Å². The van der Waals surface area contributed by atoms with E-state index in [1.54, 1.807) is 0 Å². The summed E-state index contributed by atoms with van der Waals surface area (Å²) in [6.45, 7) is 7.24. The maximum absolute atomic E-state index is 10.7. The molecule has 1 rings (SSSR count). The highest BCUT2D eigenvalue weighted by Crippen LogP contribution is 2.20. The van der Waals surface area contributed by atoms with Gasteiger partial charge >= 0.3 is 11.9 Å². The average molecular weight is 312 g/mol. The van der Waals surface area contributed by atoms with Gasteiger partial charge in [0.25, 0.3) is 0 Å². The molecule has 0 spiro atoms. The van der Waals surface area contributed by atoms with Gasteiger partial charge in [-0.2, -0.15) is 0 Å². The van der Waals surface area contributed by atoms with Gasteiger partial charge < -0.3 is 14.6 Å². The molecule has 0 atom stereocenters. The maximum Gasteiger partial charge on any atom is 0.330 e. The quantitative estimate of drug-likeness (QED) is 0.424. The molecule has 1 fully saturated rings. The van der Waals surface area contributed by atoms with Crippen LogP contribution in [0.25, 0.3) is 0 Å². The van der Waals surface area contributed by atoms with Gasteiger partial charge in [-0.05, 0) is 44.9 Å². The van der Waals surface area contributed by atoms with Gasteiger partial charge in [-0.3, -0.25) is 0 Å². The van der Waals surface area contributed by atoms with Crippen LogP contribution in [0.15, 0.2) is 25.3 Å². The first kappa shape index (κ1) is 20.4. The number of aliphatic hydroxyl groups excluding tert-OH is 1. The van der Waals surface area contributed by atoms with Crippen LogP contribution in [0.5, 0.6) is 0 Å². The standard InChI is InChI=1S/C9H14O2.C8H14O3/c1-2-9(10)11-8-6-4-3-5-7-8;1-2-8(10)11-7-5-3-4-6-9/h2,8H,1,3-7H2;2,9H,1,3-7H2. The molecule has 0 aromatic rings. The second kappa shape index (κ2) is 14.3. The Morgan fingerprint density at radius 1 is 1.00 bits per heavy atom. The third kappa shape index (κ3) is 12.1. The fourth-order valence-electron chi connectivity index (χ4n) is 2.02. The Morgan fingerprint density at radius 3 is 2.18 bits per heavy atom. The van der Waals surface area contributed by atoms with Crippen molar-refractivity contribution >= 4 is 11.9 Å². The first-order chi connectivity index (χ1) is 10.6. The van der Waals surface area contributed by atoms with Crippen LogP contribution in [0.2, 0.25) is 0 Å². The Hall–Kier alpha value is -1.62. The summed E-state index contributed by atoms with van der Waals surface area (Å²) in [6, 6.07) is 0. The Balaban J connectivity index is 0.000000401. The zero-order valence-electron chi connectivity index (χ0n) is 13.3. The van der Waals surface area contributed by atoms with Crippen molar-refractivity contribution in [3.05, 3.63) is 25.3 Å². The van der Waals surface area contributed by atoms with E-state index in [1.165, 1.54) is 25.3 Å². The molecular formula is C17H28O5. The lowest BCUT2D eigenvalue weighted by atomic mass is 9.98. The Labute approximate surface area is 133 Å². The Kier molecular flexibility index (Phi) is 13.3. The number of carbonyl (C=O) groups is 2. The van der Waals surface area contributed by atoms with Crippen molar-refractivity contribution in [1.29, 1.82) is 0 Å². The third-order valence-electron chi connectivity index (χ3n) is 3.22. The molecule has 0 aromatic carbocycles. The van der Waals surface area contributed by atoms with Crippen LogP contribution in [-0.4, -0.2) is 36.4 Å². The number of carbonyl (C=O) groups excluding carboxylic acids is 2. The summed E-state index contributed by atoms with van der Waals surface area (Å²) in [5, 5.41) is 8.40. The summed E-state index contributed by atoms with van der Waals surface area (Å²) in [5.74, 6) is -0.661. The second-order valence-electron chi connectivity index (χ2n) is 5.06. The highest BCUT2D eigenvalue weighted by Gasteiger charge is 2.15. The van der Waals surface area contributed by atoms with Crippen LogP contribution >= 0.6 is 0 Å². The van der Waals surface area contributed by atoms with Crippen molar-refractivity contribution in [1.82, 2.24) is 0 Å². The largest absolute Gasteiger partial charge is 0.463 e. The van der Waals surface area contributed by atoms with Gasteiger partial charge in [0.15, 0.2) is 0 Å². The van der Waals surface area contributed by atoms with Crippen molar-refractivity contribution in [2.24, 2.45) is 0 Å². The van der Waals surface area contributed by atoms with Crippen LogP contribution in [0.1, 0.15) is 51.4 Å². The normalized spacial score (nSPS) is 14.2. The molecule has 1 N–H and O–H groups in total. The number of unbranched alkanes of at least 4 members (excludes halogenated alkanes) is 2. The van der Waals surface area contributed by atoms with Crippen LogP contribution < -0.4 is 0 Å². The van der Waals surface area contributed by atoms with E-state index in [1.807, 2.05) is 0 Å². The number of hydrogen-bond donors (Lipinski definition) is 1. The van der Waals surface area contributed by atoms with Gasteiger partial charge in [0.2, 0.25) is 0 Å². The summed E-state index contributed by atoms with van der Waals surface area (Å²) in [5.41, 5.74) is 0. The van der Waals surface area contributed by atoms with Crippen LogP contribution in [0.3, 0.4) is 0 Å². The van der Waals surface area contributed by atoms with E-state index in [0.717, 1.165) is 38.2 Å². The molecule has 0 unspecified atom stereocenters. The zero-order valence-corrected chi connectivity index (χ0v) is 13.3. The van der Waals surface area contributed by atoms with Crippen molar-refractivity contribution < 1.29 is 24.2 Å². The Bertz CT molecular complexity index is 332. The van der Waals surface area contributed by atoms with Crippen molar-refractivity contribution in [2.45, 2.75) is 57.5 Å². The van der Waals surface area contributed by atoms with E-state index in [2.05, 4.69) is 13.2 Å². The average Bonchev–Trinajstić information content (AvgIpc) is 2.55. The number of rotatable bonds is 8. The van der Waals surface area contributed by atoms with E-state index in [0.29, 0.717) is 6.61 Å². The highest BCUT2D eigenvalue weighted by molar-refractivity contribution is 5.81. The number of hydrogen-bond acceptors (Lipinski definition) is 5. The predicted octanol–water partition coefficient (Wildman–Crippen LogP) is 2.93. The fourth-order valence-corrected chi connectivity index (χ4v) is 2.02. The van der Waals surface area contributed by atoms with Gasteiger partial charge in [0, 0.05) is 18.8 Å². The van der Waals surface area contributed by atoms with E-state index in [-0.39, 0.29) is 24.6 Å². The van der Waals surface area contributed by atoms with Gasteiger partial charge in [0.1, 0.15) is 6.10 Å². The SMILES string of the molecule is C=CC(=O)OC1CCCCC1.C=CC(=O)OCCCCCO. The smallest absolute Gasteiger partial charge is 0.330 e. The van der Waals surface area contributed by atoms with E-state index < -0.39 is 0 Å². The number of esters is 2. The lowest BCUT2D eigenvalue weighted by molar-refractivity contribution is -0.144. The molecular weight excluding hydrogens is 284 g/mol. The predicted molar refractivity (Wildman–Crippen MR) is 85.3 cm³/mol. The van der Waals surface area contributed by atoms with Crippen LogP contribution in [0.4, 0.5) is 0 Å². The molecule has 1 saturated carbocycles. The van der Waals surface area contributed by atoms with E-state index in [4.69, 9.17) is 14.6 Å². The molecule has 1 aliphatic carbocycles. The van der Waals surface area contributed by atoms with Crippen LogP contribution in [-0.2, 0) is 19.1 Å². The van der Waals surface area contributed by atoms with Gasteiger partial charge in [-0.1, -0.05) is 19.6 Å². The minimum atomic E-state index is -0.381. The van der Waals surface area contributed by atoms with Gasteiger partial charge in [-0.25, -0.2) is 9.59 Å². The van der Waals surface area contributed by atoms with Gasteiger partial charge in [0.05, 0.1) is 6.61 Å². The first-order valence-electron chi connectivity index (χ1n) is 7.87. The summed E-state index contributed by atoms with van der Waals surface area (Å²) in [6.07, 6.45) is 10.7. The molecule has 0 aliphatic heterocycles. The molecule has 5 heteroatoms. The maximum atomic E-state index is 10.7. The molecule has 0 bridgehead atoms. The molecule has 1 aliphatic rings. The fraction of sp³-hybridized carbons (Fsp3) is 0.647. The summed E-state index contributed by atoms with van der Waals surface area (Å²) in [7, 11) is 0. The number of aliphatic hydroxyl groups is 1. The highest BCUT2D eigenvalue weighted by atomic mass is 16.5. The summed E-state index contributed by atoms with van der Waals surface area (Å²) >= 11 is 0. The Morgan fingerprint density at radius 2 is 1.64 bits per heavy atom. The molecule has 126 valence electrons. The summed E-state index contributed by atoms with van der Waals surface area (Å²) < 4.78 is 9.78. The lowest BCUT2D eigenvalue weighted by Gasteiger charge is -2.20. The van der Waals surface area contributed by atoms with Crippen molar-refractivity contribution in [3.63, 3.8) is 0 Å². The van der Waals surface area contributed by atoms with Crippen molar-refractivity contribution in [3.8, 4) is 0 Å². The minimum absolute atomic E-state index is 0.161. The molecule has 0 saturated heterocycles. The third-order valence-corrected chi connectivity index (χ3v) is 3.22. The van der Waals surface area contributed by atoms with Crippen LogP contribution in [0, 0.1) is 0 Å². The first-order valence-corrected chi connectivity index (χ1v) is 7.87. The molecule has 5 nitrogen and oxygen atoms in total. The molecule has 0 aromatic heterocycles. The monoisotopic (exact) mass is 312 g/mol. The lowest BCUT2D eigenvalue weighted by Crippen LogP contribution is -2.19.